The van der Waals surface area contributed by atoms with Gasteiger partial charge in [0.15, 0.2) is 11.5 Å². The molecule has 0 saturated heterocycles. The van der Waals surface area contributed by atoms with Crippen LogP contribution in [-0.4, -0.2) is 23.1 Å². The number of carbonyl (C=O) groups is 1. The van der Waals surface area contributed by atoms with Gasteiger partial charge in [-0.1, -0.05) is 23.7 Å². The number of rotatable bonds is 3. The van der Waals surface area contributed by atoms with Crippen LogP contribution in [0.2, 0.25) is 5.02 Å². The smallest absolute Gasteiger partial charge is 0.421 e. The number of aromatic nitrogens is 1. The SMILES string of the molecule is Cc1cc2c(cc1-c1ccc(NC(=O)c3ccccc3Cl)nc1)OC(F)(F)C(F)(F)O2. The highest BCUT2D eigenvalue weighted by Crippen LogP contribution is 2.48. The maximum absolute atomic E-state index is 13.5. The van der Waals surface area contributed by atoms with Crippen molar-refractivity contribution in [1.82, 2.24) is 4.98 Å². The van der Waals surface area contributed by atoms with Gasteiger partial charge in [-0.05, 0) is 54.4 Å². The summed E-state index contributed by atoms with van der Waals surface area (Å²) in [7, 11) is 0. The Hall–Kier alpha value is -3.33. The second kappa shape index (κ2) is 7.42. The zero-order valence-corrected chi connectivity index (χ0v) is 16.5. The number of amides is 1. The first-order valence-electron chi connectivity index (χ1n) is 8.88. The normalized spacial score (nSPS) is 15.9. The molecule has 0 bridgehead atoms. The highest BCUT2D eigenvalue weighted by molar-refractivity contribution is 6.34. The number of ether oxygens (including phenoxy) is 2. The van der Waals surface area contributed by atoms with Crippen LogP contribution in [0.15, 0.2) is 54.7 Å². The molecule has 3 aromatic rings. The maximum Gasteiger partial charge on any atom is 0.507 e. The predicted octanol–water partition coefficient (Wildman–Crippen LogP) is 5.92. The molecule has 0 spiro atoms. The molecule has 2 heterocycles. The molecule has 0 radical (unpaired) electrons. The van der Waals surface area contributed by atoms with Crippen molar-refractivity contribution in [3.05, 3.63) is 70.9 Å². The van der Waals surface area contributed by atoms with E-state index in [1.807, 2.05) is 0 Å². The summed E-state index contributed by atoms with van der Waals surface area (Å²) in [6, 6.07) is 11.9. The Balaban J connectivity index is 1.59. The van der Waals surface area contributed by atoms with Gasteiger partial charge in [0, 0.05) is 11.8 Å². The number of anilines is 1. The molecule has 0 aliphatic carbocycles. The standard InChI is InChI=1S/C21H13ClF4N2O3/c1-11-8-16-17(31-21(25,26)20(23,24)30-16)9-14(11)12-6-7-18(27-10-12)28-19(29)13-4-2-3-5-15(13)22/h2-10H,1H3,(H,27,28,29). The zero-order valence-electron chi connectivity index (χ0n) is 15.8. The quantitative estimate of drug-likeness (QED) is 0.501. The van der Waals surface area contributed by atoms with E-state index in [0.717, 1.165) is 0 Å². The Labute approximate surface area is 178 Å². The van der Waals surface area contributed by atoms with Crippen molar-refractivity contribution >= 4 is 23.3 Å². The van der Waals surface area contributed by atoms with Crippen molar-refractivity contribution in [3.63, 3.8) is 0 Å². The van der Waals surface area contributed by atoms with E-state index in [9.17, 15) is 22.4 Å². The number of carbonyl (C=O) groups excluding carboxylic acids is 1. The van der Waals surface area contributed by atoms with Crippen molar-refractivity contribution in [1.29, 1.82) is 0 Å². The van der Waals surface area contributed by atoms with Crippen LogP contribution in [0, 0.1) is 6.92 Å². The van der Waals surface area contributed by atoms with Crippen LogP contribution in [-0.2, 0) is 0 Å². The van der Waals surface area contributed by atoms with Gasteiger partial charge in [0.25, 0.3) is 5.91 Å². The molecule has 0 unspecified atom stereocenters. The lowest BCUT2D eigenvalue weighted by atomic mass is 10.0. The second-order valence-electron chi connectivity index (χ2n) is 6.72. The molecule has 1 aromatic heterocycles. The van der Waals surface area contributed by atoms with Crippen molar-refractivity contribution in [3.8, 4) is 22.6 Å². The van der Waals surface area contributed by atoms with Crippen LogP contribution in [0.5, 0.6) is 11.5 Å². The van der Waals surface area contributed by atoms with Crippen LogP contribution in [0.3, 0.4) is 0 Å². The van der Waals surface area contributed by atoms with Crippen LogP contribution in [0.1, 0.15) is 15.9 Å². The third-order valence-electron chi connectivity index (χ3n) is 4.54. The summed E-state index contributed by atoms with van der Waals surface area (Å²) in [6.07, 6.45) is -8.19. The fourth-order valence-corrected chi connectivity index (χ4v) is 3.20. The Morgan fingerprint density at radius 2 is 1.65 bits per heavy atom. The number of pyridine rings is 1. The first kappa shape index (κ1) is 20.9. The van der Waals surface area contributed by atoms with E-state index >= 15 is 0 Å². The van der Waals surface area contributed by atoms with Gasteiger partial charge in [-0.15, -0.1) is 0 Å². The van der Waals surface area contributed by atoms with Crippen molar-refractivity contribution in [2.24, 2.45) is 0 Å². The molecule has 1 N–H and O–H groups in total. The largest absolute Gasteiger partial charge is 0.507 e. The molecule has 1 aliphatic heterocycles. The van der Waals surface area contributed by atoms with E-state index in [1.54, 1.807) is 37.3 Å². The van der Waals surface area contributed by atoms with Gasteiger partial charge in [0.05, 0.1) is 10.6 Å². The summed E-state index contributed by atoms with van der Waals surface area (Å²) in [5.74, 6) is -1.24. The predicted molar refractivity (Wildman–Crippen MR) is 105 cm³/mol. The van der Waals surface area contributed by atoms with Crippen LogP contribution in [0.25, 0.3) is 11.1 Å². The molecule has 160 valence electrons. The summed E-state index contributed by atoms with van der Waals surface area (Å²) in [5.41, 5.74) is 1.65. The molecule has 0 atom stereocenters. The molecule has 1 amide bonds. The van der Waals surface area contributed by atoms with E-state index in [2.05, 4.69) is 19.8 Å². The summed E-state index contributed by atoms with van der Waals surface area (Å²) in [4.78, 5) is 16.5. The Kier molecular flexibility index (Phi) is 5.01. The Bertz CT molecular complexity index is 1170. The highest BCUT2D eigenvalue weighted by Gasteiger charge is 2.66. The molecule has 0 fully saturated rings. The van der Waals surface area contributed by atoms with E-state index in [1.165, 1.54) is 24.4 Å². The number of benzene rings is 2. The molecule has 2 aromatic carbocycles. The average molecular weight is 453 g/mol. The van der Waals surface area contributed by atoms with E-state index in [0.29, 0.717) is 16.7 Å². The van der Waals surface area contributed by atoms with Crippen LogP contribution >= 0.6 is 11.6 Å². The Morgan fingerprint density at radius 3 is 2.26 bits per heavy atom. The van der Waals surface area contributed by atoms with E-state index in [4.69, 9.17) is 11.6 Å². The van der Waals surface area contributed by atoms with Crippen molar-refractivity contribution < 1.29 is 31.8 Å². The maximum atomic E-state index is 13.5. The van der Waals surface area contributed by atoms with Gasteiger partial charge >= 0.3 is 12.2 Å². The molecule has 31 heavy (non-hydrogen) atoms. The van der Waals surface area contributed by atoms with E-state index < -0.39 is 29.6 Å². The van der Waals surface area contributed by atoms with Gasteiger partial charge in [-0.2, -0.15) is 17.6 Å². The summed E-state index contributed by atoms with van der Waals surface area (Å²) < 4.78 is 62.0. The number of nitrogens with zero attached hydrogens (tertiary/aromatic N) is 1. The van der Waals surface area contributed by atoms with Gasteiger partial charge in [0.1, 0.15) is 5.82 Å². The minimum atomic E-state index is -4.81. The molecular weight excluding hydrogens is 440 g/mol. The van der Waals surface area contributed by atoms with Gasteiger partial charge in [-0.25, -0.2) is 4.98 Å². The highest BCUT2D eigenvalue weighted by atomic mass is 35.5. The molecule has 1 aliphatic rings. The average Bonchev–Trinajstić information content (AvgIpc) is 2.69. The van der Waals surface area contributed by atoms with Crippen molar-refractivity contribution in [2.45, 2.75) is 19.1 Å². The fraction of sp³-hybridized carbons (Fsp3) is 0.143. The number of hydrogen-bond acceptors (Lipinski definition) is 4. The van der Waals surface area contributed by atoms with Gasteiger partial charge in [-0.3, -0.25) is 4.79 Å². The van der Waals surface area contributed by atoms with Gasteiger partial charge < -0.3 is 14.8 Å². The number of nitrogens with one attached hydrogen (secondary N) is 1. The molecule has 5 nitrogen and oxygen atoms in total. The molecule has 10 heteroatoms. The number of alkyl halides is 4. The lowest BCUT2D eigenvalue weighted by Crippen LogP contribution is -2.52. The summed E-state index contributed by atoms with van der Waals surface area (Å²) in [6.45, 7) is 1.59. The van der Waals surface area contributed by atoms with Crippen LogP contribution in [0.4, 0.5) is 23.4 Å². The molecule has 4 rings (SSSR count). The minimum Gasteiger partial charge on any atom is -0.421 e. The fourth-order valence-electron chi connectivity index (χ4n) is 2.98. The second-order valence-corrected chi connectivity index (χ2v) is 7.12. The number of halogens is 5. The van der Waals surface area contributed by atoms with Crippen molar-refractivity contribution in [2.75, 3.05) is 5.32 Å². The Morgan fingerprint density at radius 1 is 1.00 bits per heavy atom. The van der Waals surface area contributed by atoms with Crippen LogP contribution < -0.4 is 14.8 Å². The zero-order chi connectivity index (χ0) is 22.4. The minimum absolute atomic E-state index is 0.232. The third-order valence-corrected chi connectivity index (χ3v) is 4.87. The first-order valence-corrected chi connectivity index (χ1v) is 9.26. The number of aryl methyl sites for hydroxylation is 1. The topological polar surface area (TPSA) is 60.5 Å². The molecule has 0 saturated carbocycles. The number of fused-ring (bicyclic) bond motifs is 1. The number of hydrogen-bond donors (Lipinski definition) is 1. The monoisotopic (exact) mass is 452 g/mol. The summed E-state index contributed by atoms with van der Waals surface area (Å²) >= 11 is 6.00. The van der Waals surface area contributed by atoms with E-state index in [-0.39, 0.29) is 16.4 Å². The third kappa shape index (κ3) is 3.88. The first-order chi connectivity index (χ1) is 14.6. The lowest BCUT2D eigenvalue weighted by Gasteiger charge is -2.32. The van der Waals surface area contributed by atoms with Gasteiger partial charge in [0.2, 0.25) is 0 Å². The lowest BCUT2D eigenvalue weighted by molar-refractivity contribution is -0.391. The summed E-state index contributed by atoms with van der Waals surface area (Å²) in [5, 5.41) is 2.88. The molecular formula is C21H13ClF4N2O3.